The smallest absolute Gasteiger partial charge is 0.108 e. The Labute approximate surface area is 134 Å². The fourth-order valence-electron chi connectivity index (χ4n) is 2.85. The van der Waals surface area contributed by atoms with Gasteiger partial charge >= 0.3 is 0 Å². The van der Waals surface area contributed by atoms with Gasteiger partial charge in [0.05, 0.1) is 0 Å². The Morgan fingerprint density at radius 3 is 1.73 bits per heavy atom. The molecule has 22 heavy (non-hydrogen) atoms. The van der Waals surface area contributed by atoms with Crippen LogP contribution in [0.5, 0.6) is 0 Å². The summed E-state index contributed by atoms with van der Waals surface area (Å²) in [5.74, 6) is 2.38. The Balaban J connectivity index is 1.63. The lowest BCUT2D eigenvalue weighted by molar-refractivity contribution is 0.309. The summed E-state index contributed by atoms with van der Waals surface area (Å²) in [6, 6.07) is 0. The molecule has 2 aromatic heterocycles. The number of aromatic nitrogens is 4. The summed E-state index contributed by atoms with van der Waals surface area (Å²) in [5, 5.41) is 0. The first-order chi connectivity index (χ1) is 10.7. The third kappa shape index (κ3) is 4.70. The first kappa shape index (κ1) is 16.7. The van der Waals surface area contributed by atoms with Crippen LogP contribution in [0.15, 0.2) is 24.8 Å². The van der Waals surface area contributed by atoms with Crippen molar-refractivity contribution in [2.24, 2.45) is 0 Å². The van der Waals surface area contributed by atoms with Crippen molar-refractivity contribution in [3.8, 4) is 0 Å². The number of hydrogen-bond acceptors (Lipinski definition) is 3. The molecule has 0 aromatic carbocycles. The summed E-state index contributed by atoms with van der Waals surface area (Å²) in [5.41, 5.74) is 0. The zero-order chi connectivity index (χ0) is 15.8. The molecule has 0 atom stereocenters. The van der Waals surface area contributed by atoms with Crippen molar-refractivity contribution >= 4 is 0 Å². The van der Waals surface area contributed by atoms with E-state index in [2.05, 4.69) is 57.3 Å². The summed E-state index contributed by atoms with van der Waals surface area (Å²) in [6.45, 7) is 8.71. The molecule has 5 heteroatoms. The minimum absolute atomic E-state index is 1.01. The Morgan fingerprint density at radius 2 is 1.32 bits per heavy atom. The van der Waals surface area contributed by atoms with E-state index in [-0.39, 0.29) is 0 Å². The second-order valence-electron chi connectivity index (χ2n) is 5.79. The highest BCUT2D eigenvalue weighted by atomic mass is 15.1. The third-order valence-corrected chi connectivity index (χ3v) is 4.11. The third-order valence-electron chi connectivity index (χ3n) is 4.11. The van der Waals surface area contributed by atoms with Crippen LogP contribution in [0.2, 0.25) is 0 Å². The molecule has 2 heterocycles. The largest absolute Gasteiger partial charge is 0.335 e. The van der Waals surface area contributed by atoms with Crippen LogP contribution in [0.4, 0.5) is 0 Å². The van der Waals surface area contributed by atoms with Gasteiger partial charge in [0.1, 0.15) is 11.6 Å². The highest BCUT2D eigenvalue weighted by Crippen LogP contribution is 2.03. The van der Waals surface area contributed by atoms with E-state index in [4.69, 9.17) is 0 Å². The molecule has 122 valence electrons. The van der Waals surface area contributed by atoms with Gasteiger partial charge in [0.2, 0.25) is 0 Å². The standard InChI is InChI=1S/C17H29N5/c1-4-16-18-8-14-21(16)12-6-10-20(3)11-7-13-22-15-9-19-17(22)5-2/h8-9,14-15H,4-7,10-13H2,1-3H3. The van der Waals surface area contributed by atoms with E-state index in [1.165, 1.54) is 24.5 Å². The van der Waals surface area contributed by atoms with Crippen LogP contribution in [0, 0.1) is 0 Å². The van der Waals surface area contributed by atoms with Crippen LogP contribution < -0.4 is 0 Å². The van der Waals surface area contributed by atoms with Crippen molar-refractivity contribution in [1.82, 2.24) is 24.0 Å². The minimum atomic E-state index is 1.01. The molecule has 0 aliphatic heterocycles. The molecule has 0 aliphatic rings. The molecular formula is C17H29N5. The van der Waals surface area contributed by atoms with Gasteiger partial charge in [-0.2, -0.15) is 0 Å². The second-order valence-corrected chi connectivity index (χ2v) is 5.79. The molecule has 5 nitrogen and oxygen atoms in total. The fraction of sp³-hybridized carbons (Fsp3) is 0.647. The highest BCUT2D eigenvalue weighted by Gasteiger charge is 2.03. The molecule has 0 amide bonds. The topological polar surface area (TPSA) is 38.9 Å². The molecule has 0 unspecified atom stereocenters. The Hall–Kier alpha value is -1.62. The minimum Gasteiger partial charge on any atom is -0.335 e. The SMILES string of the molecule is CCc1nccn1CCCN(C)CCCn1ccnc1CC. The summed E-state index contributed by atoms with van der Waals surface area (Å²) >= 11 is 0. The van der Waals surface area contributed by atoms with E-state index >= 15 is 0 Å². The average Bonchev–Trinajstić information content (AvgIpc) is 3.15. The van der Waals surface area contributed by atoms with E-state index in [1.807, 2.05) is 12.4 Å². The summed E-state index contributed by atoms with van der Waals surface area (Å²) < 4.78 is 4.54. The second kappa shape index (κ2) is 8.73. The zero-order valence-corrected chi connectivity index (χ0v) is 14.2. The predicted molar refractivity (Wildman–Crippen MR) is 89.9 cm³/mol. The first-order valence-electron chi connectivity index (χ1n) is 8.43. The van der Waals surface area contributed by atoms with Gasteiger partial charge in [-0.1, -0.05) is 13.8 Å². The van der Waals surface area contributed by atoms with Gasteiger partial charge in [0.15, 0.2) is 0 Å². The maximum absolute atomic E-state index is 4.37. The molecule has 2 rings (SSSR count). The molecular weight excluding hydrogens is 274 g/mol. The van der Waals surface area contributed by atoms with E-state index in [9.17, 15) is 0 Å². The van der Waals surface area contributed by atoms with Gasteiger partial charge in [-0.15, -0.1) is 0 Å². The van der Waals surface area contributed by atoms with Crippen molar-refractivity contribution in [2.75, 3.05) is 20.1 Å². The fourth-order valence-corrected chi connectivity index (χ4v) is 2.85. The highest BCUT2D eigenvalue weighted by molar-refractivity contribution is 4.92. The van der Waals surface area contributed by atoms with Gasteiger partial charge in [0, 0.05) is 50.7 Å². The number of hydrogen-bond donors (Lipinski definition) is 0. The Morgan fingerprint density at radius 1 is 0.864 bits per heavy atom. The van der Waals surface area contributed by atoms with Crippen LogP contribution in [0.3, 0.4) is 0 Å². The summed E-state index contributed by atoms with van der Waals surface area (Å²) in [6.07, 6.45) is 12.3. The molecule has 2 aromatic rings. The van der Waals surface area contributed by atoms with Crippen LogP contribution in [-0.2, 0) is 25.9 Å². The van der Waals surface area contributed by atoms with E-state index < -0.39 is 0 Å². The first-order valence-corrected chi connectivity index (χ1v) is 8.43. The van der Waals surface area contributed by atoms with Crippen LogP contribution in [-0.4, -0.2) is 44.1 Å². The van der Waals surface area contributed by atoms with Crippen LogP contribution >= 0.6 is 0 Å². The van der Waals surface area contributed by atoms with Crippen molar-refractivity contribution in [2.45, 2.75) is 52.6 Å². The maximum Gasteiger partial charge on any atom is 0.108 e. The summed E-state index contributed by atoms with van der Waals surface area (Å²) in [4.78, 5) is 11.2. The van der Waals surface area contributed by atoms with Crippen molar-refractivity contribution in [3.63, 3.8) is 0 Å². The molecule has 0 radical (unpaired) electrons. The molecule has 0 saturated carbocycles. The number of imidazole rings is 2. The molecule has 0 saturated heterocycles. The Bertz CT molecular complexity index is 494. The van der Waals surface area contributed by atoms with Gasteiger partial charge < -0.3 is 14.0 Å². The van der Waals surface area contributed by atoms with E-state index in [1.54, 1.807) is 0 Å². The van der Waals surface area contributed by atoms with Gasteiger partial charge in [-0.25, -0.2) is 9.97 Å². The lowest BCUT2D eigenvalue weighted by Gasteiger charge is -2.17. The van der Waals surface area contributed by atoms with Crippen molar-refractivity contribution < 1.29 is 0 Å². The number of nitrogens with zero attached hydrogens (tertiary/aromatic N) is 5. The van der Waals surface area contributed by atoms with Crippen molar-refractivity contribution in [3.05, 3.63) is 36.4 Å². The van der Waals surface area contributed by atoms with Gasteiger partial charge in [-0.05, 0) is 33.0 Å². The summed E-state index contributed by atoms with van der Waals surface area (Å²) in [7, 11) is 2.21. The number of aryl methyl sites for hydroxylation is 4. The maximum atomic E-state index is 4.37. The molecule has 0 N–H and O–H groups in total. The van der Waals surface area contributed by atoms with Crippen molar-refractivity contribution in [1.29, 1.82) is 0 Å². The van der Waals surface area contributed by atoms with E-state index in [0.717, 1.165) is 39.0 Å². The molecule has 0 spiro atoms. The lowest BCUT2D eigenvalue weighted by Crippen LogP contribution is -2.23. The van der Waals surface area contributed by atoms with Gasteiger partial charge in [0.25, 0.3) is 0 Å². The molecule has 0 bridgehead atoms. The Kier molecular flexibility index (Phi) is 6.65. The number of rotatable bonds is 10. The normalized spacial score (nSPS) is 11.5. The molecule has 0 aliphatic carbocycles. The zero-order valence-electron chi connectivity index (χ0n) is 14.2. The lowest BCUT2D eigenvalue weighted by atomic mass is 10.3. The predicted octanol–water partition coefficient (Wildman–Crippen LogP) is 2.62. The molecule has 0 fully saturated rings. The van der Waals surface area contributed by atoms with Crippen LogP contribution in [0.25, 0.3) is 0 Å². The average molecular weight is 303 g/mol. The van der Waals surface area contributed by atoms with E-state index in [0.29, 0.717) is 0 Å². The monoisotopic (exact) mass is 303 g/mol. The van der Waals surface area contributed by atoms with Crippen LogP contribution in [0.1, 0.15) is 38.3 Å². The quantitative estimate of drug-likeness (QED) is 0.677. The van der Waals surface area contributed by atoms with Gasteiger partial charge in [-0.3, -0.25) is 0 Å².